The summed E-state index contributed by atoms with van der Waals surface area (Å²) < 4.78 is 5.29. The van der Waals surface area contributed by atoms with Crippen LogP contribution in [0.3, 0.4) is 0 Å². The Kier molecular flexibility index (Phi) is 6.54. The molecule has 0 unspecified atom stereocenters. The first-order valence-corrected chi connectivity index (χ1v) is 9.36. The molecule has 1 saturated heterocycles. The molecule has 1 fully saturated rings. The van der Waals surface area contributed by atoms with Crippen molar-refractivity contribution in [3.8, 4) is 0 Å². The summed E-state index contributed by atoms with van der Waals surface area (Å²) in [4.78, 5) is 16.7. The molecule has 0 radical (unpaired) electrons. The van der Waals surface area contributed by atoms with Gasteiger partial charge >= 0.3 is 0 Å². The molecule has 1 aliphatic heterocycles. The maximum Gasteiger partial charge on any atom is 0.223 e. The summed E-state index contributed by atoms with van der Waals surface area (Å²) in [5.41, 5.74) is 1.22. The normalized spacial score (nSPS) is 15.5. The summed E-state index contributed by atoms with van der Waals surface area (Å²) in [7, 11) is 0. The molecule has 3 rings (SSSR count). The van der Waals surface area contributed by atoms with Crippen LogP contribution in [0.25, 0.3) is 0 Å². The van der Waals surface area contributed by atoms with Crippen molar-refractivity contribution in [3.05, 3.63) is 59.0 Å². The number of amides is 1. The SMILES string of the molecule is O=C(CCc1ccco1)N1CCN(CCCc2ccccc2Cl)CC1. The van der Waals surface area contributed by atoms with E-state index in [-0.39, 0.29) is 5.91 Å². The lowest BCUT2D eigenvalue weighted by atomic mass is 10.1. The molecule has 1 amide bonds. The van der Waals surface area contributed by atoms with Crippen LogP contribution >= 0.6 is 11.6 Å². The molecule has 0 N–H and O–H groups in total. The molecule has 25 heavy (non-hydrogen) atoms. The average molecular weight is 361 g/mol. The third-order valence-corrected chi connectivity index (χ3v) is 5.14. The Hall–Kier alpha value is -1.78. The van der Waals surface area contributed by atoms with Gasteiger partial charge in [0.2, 0.25) is 5.91 Å². The standard InChI is InChI=1S/C20H25ClN2O2/c21-19-8-2-1-5-17(19)6-3-11-22-12-14-23(15-13-22)20(24)10-9-18-7-4-16-25-18/h1-2,4-5,7-8,16H,3,6,9-15H2. The van der Waals surface area contributed by atoms with E-state index in [1.54, 1.807) is 6.26 Å². The van der Waals surface area contributed by atoms with Gasteiger partial charge in [-0.25, -0.2) is 0 Å². The second-order valence-electron chi connectivity index (χ2n) is 6.50. The van der Waals surface area contributed by atoms with Gasteiger partial charge in [0, 0.05) is 44.0 Å². The summed E-state index contributed by atoms with van der Waals surface area (Å²) in [6.07, 6.45) is 4.96. The van der Waals surface area contributed by atoms with Crippen LogP contribution in [0.15, 0.2) is 47.1 Å². The van der Waals surface area contributed by atoms with Crippen LogP contribution in [0.4, 0.5) is 0 Å². The lowest BCUT2D eigenvalue weighted by Crippen LogP contribution is -2.48. The maximum atomic E-state index is 12.3. The lowest BCUT2D eigenvalue weighted by Gasteiger charge is -2.34. The summed E-state index contributed by atoms with van der Waals surface area (Å²) in [5, 5.41) is 0.856. The Morgan fingerprint density at radius 1 is 1.04 bits per heavy atom. The van der Waals surface area contributed by atoms with Crippen LogP contribution in [-0.2, 0) is 17.6 Å². The Balaban J connectivity index is 1.34. The van der Waals surface area contributed by atoms with Crippen molar-refractivity contribution < 1.29 is 9.21 Å². The molecule has 4 nitrogen and oxygen atoms in total. The Morgan fingerprint density at radius 2 is 1.84 bits per heavy atom. The van der Waals surface area contributed by atoms with Gasteiger partial charge < -0.3 is 9.32 Å². The van der Waals surface area contributed by atoms with Gasteiger partial charge in [-0.3, -0.25) is 9.69 Å². The Labute approximate surface area is 154 Å². The third kappa shape index (κ3) is 5.35. The highest BCUT2D eigenvalue weighted by molar-refractivity contribution is 6.31. The highest BCUT2D eigenvalue weighted by atomic mass is 35.5. The largest absolute Gasteiger partial charge is 0.469 e. The first-order valence-electron chi connectivity index (χ1n) is 8.98. The summed E-state index contributed by atoms with van der Waals surface area (Å²) >= 11 is 6.20. The van der Waals surface area contributed by atoms with E-state index < -0.39 is 0 Å². The number of nitrogens with zero attached hydrogens (tertiary/aromatic N) is 2. The Morgan fingerprint density at radius 3 is 2.56 bits per heavy atom. The molecule has 134 valence electrons. The van der Waals surface area contributed by atoms with E-state index in [2.05, 4.69) is 11.0 Å². The number of aryl methyl sites for hydroxylation is 2. The second-order valence-corrected chi connectivity index (χ2v) is 6.90. The molecule has 1 aliphatic rings. The zero-order valence-corrected chi connectivity index (χ0v) is 15.3. The van der Waals surface area contributed by atoms with Gasteiger partial charge in [0.15, 0.2) is 0 Å². The topological polar surface area (TPSA) is 36.7 Å². The fraction of sp³-hybridized carbons (Fsp3) is 0.450. The van der Waals surface area contributed by atoms with E-state index in [4.69, 9.17) is 16.0 Å². The number of hydrogen-bond acceptors (Lipinski definition) is 3. The lowest BCUT2D eigenvalue weighted by molar-refractivity contribution is -0.133. The van der Waals surface area contributed by atoms with E-state index in [9.17, 15) is 4.79 Å². The first kappa shape index (κ1) is 18.0. The van der Waals surface area contributed by atoms with E-state index in [1.807, 2.05) is 35.2 Å². The molecule has 2 heterocycles. The molecule has 5 heteroatoms. The van der Waals surface area contributed by atoms with E-state index in [0.29, 0.717) is 12.8 Å². The van der Waals surface area contributed by atoms with Crippen molar-refractivity contribution in [2.24, 2.45) is 0 Å². The van der Waals surface area contributed by atoms with Gasteiger partial charge in [-0.2, -0.15) is 0 Å². The van der Waals surface area contributed by atoms with E-state index in [0.717, 1.165) is 56.3 Å². The van der Waals surface area contributed by atoms with Gasteiger partial charge in [0.05, 0.1) is 6.26 Å². The van der Waals surface area contributed by atoms with Crippen molar-refractivity contribution in [3.63, 3.8) is 0 Å². The van der Waals surface area contributed by atoms with Crippen molar-refractivity contribution in [2.75, 3.05) is 32.7 Å². The molecule has 0 saturated carbocycles. The smallest absolute Gasteiger partial charge is 0.223 e. The molecule has 2 aromatic rings. The van der Waals surface area contributed by atoms with Crippen LogP contribution in [0.1, 0.15) is 24.2 Å². The highest BCUT2D eigenvalue weighted by Gasteiger charge is 2.20. The highest BCUT2D eigenvalue weighted by Crippen LogP contribution is 2.17. The number of piperazine rings is 1. The fourth-order valence-electron chi connectivity index (χ4n) is 3.26. The van der Waals surface area contributed by atoms with E-state index >= 15 is 0 Å². The predicted molar refractivity (Wildman–Crippen MR) is 99.8 cm³/mol. The monoisotopic (exact) mass is 360 g/mol. The number of carbonyl (C=O) groups is 1. The molecule has 0 atom stereocenters. The summed E-state index contributed by atoms with van der Waals surface area (Å²) in [6, 6.07) is 11.8. The molecular weight excluding hydrogens is 336 g/mol. The molecular formula is C20H25ClN2O2. The minimum absolute atomic E-state index is 0.229. The average Bonchev–Trinajstić information content (AvgIpc) is 3.15. The fourth-order valence-corrected chi connectivity index (χ4v) is 3.49. The van der Waals surface area contributed by atoms with Crippen molar-refractivity contribution in [1.29, 1.82) is 0 Å². The van der Waals surface area contributed by atoms with Crippen molar-refractivity contribution in [2.45, 2.75) is 25.7 Å². The number of carbonyl (C=O) groups excluding carboxylic acids is 1. The van der Waals surface area contributed by atoms with Crippen LogP contribution in [0.5, 0.6) is 0 Å². The minimum atomic E-state index is 0.229. The molecule has 1 aromatic heterocycles. The number of furan rings is 1. The second kappa shape index (κ2) is 9.07. The summed E-state index contributed by atoms with van der Waals surface area (Å²) in [6.45, 7) is 4.61. The van der Waals surface area contributed by atoms with Crippen LogP contribution in [0, 0.1) is 0 Å². The van der Waals surface area contributed by atoms with Gasteiger partial charge in [0.1, 0.15) is 5.76 Å². The number of hydrogen-bond donors (Lipinski definition) is 0. The van der Waals surface area contributed by atoms with Gasteiger partial charge in [-0.15, -0.1) is 0 Å². The summed E-state index contributed by atoms with van der Waals surface area (Å²) in [5.74, 6) is 1.11. The van der Waals surface area contributed by atoms with Gasteiger partial charge in [-0.05, 0) is 43.1 Å². The zero-order valence-electron chi connectivity index (χ0n) is 14.5. The van der Waals surface area contributed by atoms with Crippen LogP contribution in [0.2, 0.25) is 5.02 Å². The number of benzene rings is 1. The van der Waals surface area contributed by atoms with Crippen molar-refractivity contribution >= 4 is 17.5 Å². The molecule has 1 aromatic carbocycles. The van der Waals surface area contributed by atoms with Gasteiger partial charge in [0.25, 0.3) is 0 Å². The van der Waals surface area contributed by atoms with E-state index in [1.165, 1.54) is 5.56 Å². The van der Waals surface area contributed by atoms with Gasteiger partial charge in [-0.1, -0.05) is 29.8 Å². The predicted octanol–water partition coefficient (Wildman–Crippen LogP) is 3.64. The zero-order chi connectivity index (χ0) is 17.5. The molecule has 0 spiro atoms. The van der Waals surface area contributed by atoms with Crippen LogP contribution < -0.4 is 0 Å². The molecule has 0 bridgehead atoms. The Bertz CT molecular complexity index is 664. The quantitative estimate of drug-likeness (QED) is 0.756. The van der Waals surface area contributed by atoms with Crippen molar-refractivity contribution in [1.82, 2.24) is 9.80 Å². The third-order valence-electron chi connectivity index (χ3n) is 4.77. The minimum Gasteiger partial charge on any atom is -0.469 e. The van der Waals surface area contributed by atoms with Crippen LogP contribution in [-0.4, -0.2) is 48.4 Å². The molecule has 0 aliphatic carbocycles. The first-order chi connectivity index (χ1) is 12.2. The maximum absolute atomic E-state index is 12.3. The number of halogens is 1. The number of rotatable bonds is 7.